The lowest BCUT2D eigenvalue weighted by Crippen LogP contribution is -2.09. The van der Waals surface area contributed by atoms with Gasteiger partial charge in [0.25, 0.3) is 0 Å². The van der Waals surface area contributed by atoms with E-state index in [1.807, 2.05) is 35.5 Å². The van der Waals surface area contributed by atoms with E-state index in [0.717, 1.165) is 36.5 Å². The molecule has 1 atom stereocenters. The number of aliphatic hydroxyl groups excluding tert-OH is 1. The van der Waals surface area contributed by atoms with Crippen molar-refractivity contribution in [2.75, 3.05) is 0 Å². The number of nitrogens with zero attached hydrogens (tertiary/aromatic N) is 4. The van der Waals surface area contributed by atoms with Crippen LogP contribution < -0.4 is 0 Å². The Balaban J connectivity index is 2.05. The average molecular weight is 262 g/mol. The summed E-state index contributed by atoms with van der Waals surface area (Å²) in [5.41, 5.74) is 3.09. The number of aryl methyl sites for hydroxylation is 4. The summed E-state index contributed by atoms with van der Waals surface area (Å²) in [4.78, 5) is 0. The van der Waals surface area contributed by atoms with Crippen molar-refractivity contribution in [2.24, 2.45) is 7.05 Å². The average Bonchev–Trinajstić information content (AvgIpc) is 3.01. The van der Waals surface area contributed by atoms with Gasteiger partial charge in [-0.25, -0.2) is 0 Å². The van der Waals surface area contributed by atoms with Gasteiger partial charge in [-0.15, -0.1) is 0 Å². The van der Waals surface area contributed by atoms with E-state index in [4.69, 9.17) is 0 Å². The Morgan fingerprint density at radius 3 is 2.74 bits per heavy atom. The summed E-state index contributed by atoms with van der Waals surface area (Å²) in [5, 5.41) is 18.9. The Bertz CT molecular complexity index is 529. The van der Waals surface area contributed by atoms with Crippen molar-refractivity contribution in [3.05, 3.63) is 35.4 Å². The van der Waals surface area contributed by atoms with E-state index in [1.54, 1.807) is 6.20 Å². The monoisotopic (exact) mass is 262 g/mol. The van der Waals surface area contributed by atoms with Crippen molar-refractivity contribution in [1.29, 1.82) is 0 Å². The van der Waals surface area contributed by atoms with Crippen LogP contribution in [0, 0.1) is 0 Å². The standard InChI is InChI=1S/C14H22N4O/c1-4-11-10-13(18(5-2)16-11)14(19)7-6-12-8-9-15-17(12)3/h8-10,14,19H,4-7H2,1-3H3. The van der Waals surface area contributed by atoms with E-state index in [0.29, 0.717) is 6.42 Å². The molecule has 0 spiro atoms. The minimum absolute atomic E-state index is 0.470. The van der Waals surface area contributed by atoms with Gasteiger partial charge in [0.2, 0.25) is 0 Å². The smallest absolute Gasteiger partial charge is 0.0960 e. The molecule has 0 aromatic carbocycles. The molecular weight excluding hydrogens is 240 g/mol. The van der Waals surface area contributed by atoms with Crippen molar-refractivity contribution in [2.45, 2.75) is 45.8 Å². The van der Waals surface area contributed by atoms with Crippen LogP contribution in [0.4, 0.5) is 0 Å². The molecular formula is C14H22N4O. The van der Waals surface area contributed by atoms with Crippen LogP contribution in [0.5, 0.6) is 0 Å². The van der Waals surface area contributed by atoms with Crippen LogP contribution in [0.25, 0.3) is 0 Å². The minimum atomic E-state index is -0.470. The lowest BCUT2D eigenvalue weighted by molar-refractivity contribution is 0.156. The van der Waals surface area contributed by atoms with Gasteiger partial charge in [-0.2, -0.15) is 10.2 Å². The molecule has 0 fully saturated rings. The second-order valence-electron chi connectivity index (χ2n) is 4.73. The zero-order valence-electron chi connectivity index (χ0n) is 11.9. The Morgan fingerprint density at radius 1 is 1.37 bits per heavy atom. The summed E-state index contributed by atoms with van der Waals surface area (Å²) in [6.07, 6.45) is 3.71. The van der Waals surface area contributed by atoms with Crippen molar-refractivity contribution < 1.29 is 5.11 Å². The highest BCUT2D eigenvalue weighted by Gasteiger charge is 2.15. The molecule has 2 aromatic rings. The SMILES string of the molecule is CCc1cc(C(O)CCc2ccnn2C)n(CC)n1. The lowest BCUT2D eigenvalue weighted by Gasteiger charge is -2.12. The second kappa shape index (κ2) is 6.02. The molecule has 0 bridgehead atoms. The fourth-order valence-corrected chi connectivity index (χ4v) is 2.26. The van der Waals surface area contributed by atoms with Gasteiger partial charge in [-0.1, -0.05) is 6.92 Å². The minimum Gasteiger partial charge on any atom is -0.387 e. The van der Waals surface area contributed by atoms with Crippen molar-refractivity contribution in [3.63, 3.8) is 0 Å². The molecule has 5 heteroatoms. The Kier molecular flexibility index (Phi) is 4.37. The van der Waals surface area contributed by atoms with Crippen molar-refractivity contribution in [3.8, 4) is 0 Å². The topological polar surface area (TPSA) is 55.9 Å². The van der Waals surface area contributed by atoms with E-state index in [9.17, 15) is 5.11 Å². The maximum Gasteiger partial charge on any atom is 0.0960 e. The maximum absolute atomic E-state index is 10.3. The van der Waals surface area contributed by atoms with Crippen LogP contribution in [0.1, 0.15) is 43.5 Å². The highest BCUT2D eigenvalue weighted by molar-refractivity contribution is 5.13. The molecule has 5 nitrogen and oxygen atoms in total. The van der Waals surface area contributed by atoms with Crippen LogP contribution >= 0.6 is 0 Å². The number of rotatable bonds is 6. The van der Waals surface area contributed by atoms with E-state index in [-0.39, 0.29) is 0 Å². The van der Waals surface area contributed by atoms with Crippen LogP contribution in [0.2, 0.25) is 0 Å². The van der Waals surface area contributed by atoms with Gasteiger partial charge < -0.3 is 5.11 Å². The fraction of sp³-hybridized carbons (Fsp3) is 0.571. The molecule has 19 heavy (non-hydrogen) atoms. The van der Waals surface area contributed by atoms with Crippen LogP contribution in [0.15, 0.2) is 18.3 Å². The fourth-order valence-electron chi connectivity index (χ4n) is 2.26. The van der Waals surface area contributed by atoms with E-state index < -0.39 is 6.10 Å². The van der Waals surface area contributed by atoms with Gasteiger partial charge in [-0.05, 0) is 38.3 Å². The molecule has 2 rings (SSSR count). The molecule has 0 amide bonds. The van der Waals surface area contributed by atoms with E-state index >= 15 is 0 Å². The first kappa shape index (κ1) is 13.8. The number of hydrogen-bond donors (Lipinski definition) is 1. The summed E-state index contributed by atoms with van der Waals surface area (Å²) in [5.74, 6) is 0. The van der Waals surface area contributed by atoms with Gasteiger partial charge in [-0.3, -0.25) is 9.36 Å². The maximum atomic E-state index is 10.3. The molecule has 0 radical (unpaired) electrons. The molecule has 0 aliphatic rings. The third-order valence-corrected chi connectivity index (χ3v) is 3.46. The number of aromatic nitrogens is 4. The molecule has 0 aliphatic heterocycles. The Morgan fingerprint density at radius 2 is 2.16 bits per heavy atom. The predicted molar refractivity (Wildman–Crippen MR) is 73.8 cm³/mol. The quantitative estimate of drug-likeness (QED) is 0.864. The number of hydrogen-bond acceptors (Lipinski definition) is 3. The largest absolute Gasteiger partial charge is 0.387 e. The summed E-state index contributed by atoms with van der Waals surface area (Å²) in [6, 6.07) is 4.00. The molecule has 0 aliphatic carbocycles. The van der Waals surface area contributed by atoms with Crippen LogP contribution in [-0.4, -0.2) is 24.7 Å². The predicted octanol–water partition coefficient (Wildman–Crippen LogP) is 1.87. The summed E-state index contributed by atoms with van der Waals surface area (Å²) in [6.45, 7) is 4.91. The third-order valence-electron chi connectivity index (χ3n) is 3.46. The highest BCUT2D eigenvalue weighted by Crippen LogP contribution is 2.20. The second-order valence-corrected chi connectivity index (χ2v) is 4.73. The summed E-state index contributed by atoms with van der Waals surface area (Å²) in [7, 11) is 1.92. The molecule has 1 unspecified atom stereocenters. The zero-order valence-corrected chi connectivity index (χ0v) is 11.9. The van der Waals surface area contributed by atoms with Crippen molar-refractivity contribution in [1.82, 2.24) is 19.6 Å². The highest BCUT2D eigenvalue weighted by atomic mass is 16.3. The molecule has 0 saturated carbocycles. The van der Waals surface area contributed by atoms with Crippen molar-refractivity contribution >= 4 is 0 Å². The number of aliphatic hydroxyl groups is 1. The first-order valence-electron chi connectivity index (χ1n) is 6.87. The Hall–Kier alpha value is -1.62. The molecule has 2 heterocycles. The van der Waals surface area contributed by atoms with E-state index in [1.165, 1.54) is 0 Å². The Labute approximate surface area is 113 Å². The zero-order chi connectivity index (χ0) is 13.8. The molecule has 0 saturated heterocycles. The van der Waals surface area contributed by atoms with Gasteiger partial charge in [0.1, 0.15) is 0 Å². The van der Waals surface area contributed by atoms with Gasteiger partial charge >= 0.3 is 0 Å². The molecule has 1 N–H and O–H groups in total. The molecule has 104 valence electrons. The summed E-state index contributed by atoms with van der Waals surface area (Å²) < 4.78 is 3.74. The van der Waals surface area contributed by atoms with E-state index in [2.05, 4.69) is 17.1 Å². The van der Waals surface area contributed by atoms with Crippen LogP contribution in [0.3, 0.4) is 0 Å². The summed E-state index contributed by atoms with van der Waals surface area (Å²) >= 11 is 0. The first-order chi connectivity index (χ1) is 9.15. The van der Waals surface area contributed by atoms with Gasteiger partial charge in [0.05, 0.1) is 17.5 Å². The van der Waals surface area contributed by atoms with Gasteiger partial charge in [0, 0.05) is 25.5 Å². The normalized spacial score (nSPS) is 12.8. The first-order valence-corrected chi connectivity index (χ1v) is 6.87. The van der Waals surface area contributed by atoms with Crippen LogP contribution in [-0.2, 0) is 26.4 Å². The third kappa shape index (κ3) is 3.04. The lowest BCUT2D eigenvalue weighted by atomic mass is 10.1. The molecule has 2 aromatic heterocycles. The van der Waals surface area contributed by atoms with Gasteiger partial charge in [0.15, 0.2) is 0 Å².